The summed E-state index contributed by atoms with van der Waals surface area (Å²) < 4.78 is 3.86. The van der Waals surface area contributed by atoms with Gasteiger partial charge in [-0.15, -0.1) is 5.10 Å². The lowest BCUT2D eigenvalue weighted by molar-refractivity contribution is 0.778. The van der Waals surface area contributed by atoms with Gasteiger partial charge in [-0.05, 0) is 39.3 Å². The molecule has 4 heterocycles. The van der Waals surface area contributed by atoms with Gasteiger partial charge >= 0.3 is 0 Å². The lowest BCUT2D eigenvalue weighted by atomic mass is 10.2. The molecule has 4 aromatic heterocycles. The molecule has 0 spiro atoms. The lowest BCUT2D eigenvalue weighted by Crippen LogP contribution is -2.06. The molecule has 0 bridgehead atoms. The number of rotatable bonds is 3. The normalized spacial score (nSPS) is 19.2. The third-order valence-corrected chi connectivity index (χ3v) is 4.87. The summed E-state index contributed by atoms with van der Waals surface area (Å²) in [6, 6.07) is 8.10. The Morgan fingerprint density at radius 3 is 2.54 bits per heavy atom. The Kier molecular flexibility index (Phi) is 3.19. The zero-order valence-corrected chi connectivity index (χ0v) is 15.0. The molecule has 0 unspecified atom stereocenters. The maximum Gasteiger partial charge on any atom is 0.159 e. The fourth-order valence-electron chi connectivity index (χ4n) is 3.59. The van der Waals surface area contributed by atoms with Crippen molar-refractivity contribution in [3.63, 3.8) is 0 Å². The van der Waals surface area contributed by atoms with Crippen LogP contribution in [-0.2, 0) is 0 Å². The van der Waals surface area contributed by atoms with Crippen molar-refractivity contribution in [1.82, 2.24) is 34.1 Å². The number of pyridine rings is 1. The van der Waals surface area contributed by atoms with E-state index in [1.165, 1.54) is 0 Å². The summed E-state index contributed by atoms with van der Waals surface area (Å²) in [5.41, 5.74) is 3.18. The van der Waals surface area contributed by atoms with E-state index >= 15 is 0 Å². The molecular formula is C19H19N7. The molecule has 130 valence electrons. The van der Waals surface area contributed by atoms with E-state index in [1.54, 1.807) is 4.68 Å². The Labute approximate surface area is 150 Å². The molecule has 0 saturated heterocycles. The van der Waals surface area contributed by atoms with E-state index in [0.29, 0.717) is 11.8 Å². The minimum absolute atomic E-state index is 0.380. The van der Waals surface area contributed by atoms with Crippen LogP contribution >= 0.6 is 0 Å². The highest BCUT2D eigenvalue weighted by atomic mass is 15.4. The van der Waals surface area contributed by atoms with E-state index in [4.69, 9.17) is 4.98 Å². The largest absolute Gasteiger partial charge is 0.307 e. The van der Waals surface area contributed by atoms with Crippen LogP contribution < -0.4 is 0 Å². The summed E-state index contributed by atoms with van der Waals surface area (Å²) in [5.74, 6) is 3.91. The van der Waals surface area contributed by atoms with E-state index in [9.17, 15) is 0 Å². The minimum atomic E-state index is 0.380. The van der Waals surface area contributed by atoms with Crippen LogP contribution in [0.5, 0.6) is 0 Å². The number of fused-ring (bicyclic) bond motifs is 1. The van der Waals surface area contributed by atoms with Crippen LogP contribution in [0.1, 0.15) is 47.1 Å². The summed E-state index contributed by atoms with van der Waals surface area (Å²) in [4.78, 5) is 18.4. The molecule has 7 nitrogen and oxygen atoms in total. The number of hydrogen-bond donors (Lipinski definition) is 0. The van der Waals surface area contributed by atoms with Crippen LogP contribution in [0.3, 0.4) is 0 Å². The molecule has 4 aromatic rings. The molecule has 1 fully saturated rings. The summed E-state index contributed by atoms with van der Waals surface area (Å²) in [6.45, 7) is 5.75. The van der Waals surface area contributed by atoms with E-state index in [-0.39, 0.29) is 0 Å². The standard InChI is InChI=1S/C19H19N7/c1-11-21-16(9-19(22-11)26-13(3)20-12(2)24-26)14-8-15(14)17-10-25-7-5-4-6-18(25)23-17/h4-7,9-10,14-15H,8H2,1-3H3/t14-,15-/m1/s1. The summed E-state index contributed by atoms with van der Waals surface area (Å²) in [5, 5.41) is 4.45. The van der Waals surface area contributed by atoms with Crippen molar-refractivity contribution in [2.24, 2.45) is 0 Å². The third-order valence-electron chi connectivity index (χ3n) is 4.87. The zero-order valence-electron chi connectivity index (χ0n) is 15.0. The highest BCUT2D eigenvalue weighted by Gasteiger charge is 2.42. The smallest absolute Gasteiger partial charge is 0.159 e. The molecule has 2 atom stereocenters. The van der Waals surface area contributed by atoms with Gasteiger partial charge in [0, 0.05) is 30.3 Å². The van der Waals surface area contributed by atoms with Gasteiger partial charge in [0.25, 0.3) is 0 Å². The molecular weight excluding hydrogens is 326 g/mol. The Bertz CT molecular complexity index is 1090. The summed E-state index contributed by atoms with van der Waals surface area (Å²) in [7, 11) is 0. The average molecular weight is 345 g/mol. The molecule has 5 rings (SSSR count). The van der Waals surface area contributed by atoms with Crippen LogP contribution in [-0.4, -0.2) is 34.1 Å². The Hall–Kier alpha value is -3.09. The SMILES string of the molecule is Cc1nc([C@@H]2C[C@H]2c2cn3ccccc3n2)cc(-n2nc(C)nc2C)n1. The van der Waals surface area contributed by atoms with Crippen molar-refractivity contribution < 1.29 is 0 Å². The number of aryl methyl sites for hydroxylation is 3. The zero-order chi connectivity index (χ0) is 17.8. The molecule has 1 aliphatic carbocycles. The van der Waals surface area contributed by atoms with Gasteiger partial charge in [-0.1, -0.05) is 6.07 Å². The maximum atomic E-state index is 4.76. The first-order valence-corrected chi connectivity index (χ1v) is 8.78. The van der Waals surface area contributed by atoms with Crippen molar-refractivity contribution >= 4 is 5.65 Å². The number of aromatic nitrogens is 7. The van der Waals surface area contributed by atoms with Crippen LogP contribution in [0.2, 0.25) is 0 Å². The van der Waals surface area contributed by atoms with Crippen LogP contribution in [0.15, 0.2) is 36.7 Å². The average Bonchev–Trinajstić information content (AvgIpc) is 3.18. The van der Waals surface area contributed by atoms with E-state index < -0.39 is 0 Å². The van der Waals surface area contributed by atoms with Gasteiger partial charge in [0.2, 0.25) is 0 Å². The topological polar surface area (TPSA) is 73.8 Å². The van der Waals surface area contributed by atoms with E-state index in [1.807, 2.05) is 51.2 Å². The second-order valence-corrected chi connectivity index (χ2v) is 6.90. The van der Waals surface area contributed by atoms with E-state index in [0.717, 1.165) is 46.7 Å². The van der Waals surface area contributed by atoms with Gasteiger partial charge in [0.1, 0.15) is 23.1 Å². The summed E-state index contributed by atoms with van der Waals surface area (Å²) >= 11 is 0. The molecule has 0 aromatic carbocycles. The maximum absolute atomic E-state index is 4.76. The highest BCUT2D eigenvalue weighted by Crippen LogP contribution is 2.53. The fourth-order valence-corrected chi connectivity index (χ4v) is 3.59. The molecule has 0 aliphatic heterocycles. The first-order chi connectivity index (χ1) is 12.6. The first-order valence-electron chi connectivity index (χ1n) is 8.78. The minimum Gasteiger partial charge on any atom is -0.307 e. The Balaban J connectivity index is 1.48. The predicted octanol–water partition coefficient (Wildman–Crippen LogP) is 2.90. The molecule has 1 aliphatic rings. The van der Waals surface area contributed by atoms with Gasteiger partial charge in [-0.2, -0.15) is 4.68 Å². The van der Waals surface area contributed by atoms with Crippen molar-refractivity contribution in [2.75, 3.05) is 0 Å². The summed E-state index contributed by atoms with van der Waals surface area (Å²) in [6.07, 6.45) is 5.22. The second kappa shape index (κ2) is 5.45. The predicted molar refractivity (Wildman–Crippen MR) is 96.5 cm³/mol. The monoisotopic (exact) mass is 345 g/mol. The molecule has 0 N–H and O–H groups in total. The van der Waals surface area contributed by atoms with Crippen molar-refractivity contribution in [2.45, 2.75) is 39.0 Å². The molecule has 0 amide bonds. The molecule has 26 heavy (non-hydrogen) atoms. The number of hydrogen-bond acceptors (Lipinski definition) is 5. The molecule has 7 heteroatoms. The van der Waals surface area contributed by atoms with Crippen LogP contribution in [0, 0.1) is 20.8 Å². The highest BCUT2D eigenvalue weighted by molar-refractivity contribution is 5.43. The quantitative estimate of drug-likeness (QED) is 0.571. The van der Waals surface area contributed by atoms with Crippen molar-refractivity contribution in [1.29, 1.82) is 0 Å². The van der Waals surface area contributed by atoms with Gasteiger partial charge in [0.15, 0.2) is 5.82 Å². The Morgan fingerprint density at radius 1 is 0.923 bits per heavy atom. The van der Waals surface area contributed by atoms with Gasteiger partial charge < -0.3 is 4.40 Å². The van der Waals surface area contributed by atoms with Crippen molar-refractivity contribution in [3.8, 4) is 5.82 Å². The van der Waals surface area contributed by atoms with Gasteiger partial charge in [0.05, 0.1) is 11.4 Å². The second-order valence-electron chi connectivity index (χ2n) is 6.90. The molecule has 1 saturated carbocycles. The fraction of sp³-hybridized carbons (Fsp3) is 0.316. The van der Waals surface area contributed by atoms with Gasteiger partial charge in [-0.25, -0.2) is 19.9 Å². The number of imidazole rings is 1. The van der Waals surface area contributed by atoms with Gasteiger partial charge in [-0.3, -0.25) is 0 Å². The third kappa shape index (κ3) is 2.47. The lowest BCUT2D eigenvalue weighted by Gasteiger charge is -2.06. The Morgan fingerprint density at radius 2 is 1.77 bits per heavy atom. The van der Waals surface area contributed by atoms with E-state index in [2.05, 4.69) is 30.6 Å². The van der Waals surface area contributed by atoms with Crippen LogP contribution in [0.25, 0.3) is 11.5 Å². The first kappa shape index (κ1) is 15.2. The number of nitrogens with zero attached hydrogens (tertiary/aromatic N) is 7. The molecule has 0 radical (unpaired) electrons. The van der Waals surface area contributed by atoms with Crippen LogP contribution in [0.4, 0.5) is 0 Å². The van der Waals surface area contributed by atoms with Crippen molar-refractivity contribution in [3.05, 3.63) is 65.5 Å².